The lowest BCUT2D eigenvalue weighted by molar-refractivity contribution is 0.0655. The Bertz CT molecular complexity index is 1460. The van der Waals surface area contributed by atoms with Crippen molar-refractivity contribution in [2.24, 2.45) is 7.05 Å². The number of fused-ring (bicyclic) bond motifs is 2. The summed E-state index contributed by atoms with van der Waals surface area (Å²) < 4.78 is 9.32. The Balaban J connectivity index is 1.41. The lowest BCUT2D eigenvalue weighted by atomic mass is 9.99. The number of hydrogen-bond acceptors (Lipinski definition) is 6. The van der Waals surface area contributed by atoms with Crippen LogP contribution in [0.2, 0.25) is 0 Å². The third-order valence-electron chi connectivity index (χ3n) is 5.87. The monoisotopic (exact) mass is 428 g/mol. The van der Waals surface area contributed by atoms with Crippen LogP contribution in [0.1, 0.15) is 39.2 Å². The summed E-state index contributed by atoms with van der Waals surface area (Å²) >= 11 is 0. The van der Waals surface area contributed by atoms with Crippen LogP contribution in [0.25, 0.3) is 17.0 Å². The highest BCUT2D eigenvalue weighted by Crippen LogP contribution is 2.35. The van der Waals surface area contributed by atoms with Crippen molar-refractivity contribution in [3.8, 4) is 11.5 Å². The first-order valence-electron chi connectivity index (χ1n) is 10.3. The molecule has 0 fully saturated rings. The van der Waals surface area contributed by atoms with Crippen molar-refractivity contribution in [2.75, 3.05) is 6.54 Å². The van der Waals surface area contributed by atoms with Gasteiger partial charge in [0, 0.05) is 38.1 Å². The summed E-state index contributed by atoms with van der Waals surface area (Å²) in [7, 11) is 1.81. The molecule has 32 heavy (non-hydrogen) atoms. The molecule has 1 aliphatic rings. The third kappa shape index (κ3) is 2.83. The second-order valence-electron chi connectivity index (χ2n) is 7.94. The van der Waals surface area contributed by atoms with Gasteiger partial charge in [0.15, 0.2) is 0 Å². The number of carbonyl (C=O) groups is 1. The fourth-order valence-electron chi connectivity index (χ4n) is 4.28. The van der Waals surface area contributed by atoms with E-state index < -0.39 is 6.04 Å². The smallest absolute Gasteiger partial charge is 0.292 e. The van der Waals surface area contributed by atoms with Crippen LogP contribution in [0.4, 0.5) is 0 Å². The van der Waals surface area contributed by atoms with Crippen LogP contribution in [0.3, 0.4) is 0 Å². The van der Waals surface area contributed by atoms with E-state index in [1.54, 1.807) is 28.3 Å². The molecule has 1 amide bonds. The Morgan fingerprint density at radius 2 is 2.19 bits per heavy atom. The Labute approximate surface area is 182 Å². The van der Waals surface area contributed by atoms with E-state index in [1.807, 2.05) is 42.9 Å². The molecule has 1 atom stereocenters. The Kier molecular flexibility index (Phi) is 4.00. The maximum Gasteiger partial charge on any atom is 0.292 e. The van der Waals surface area contributed by atoms with Gasteiger partial charge >= 0.3 is 0 Å². The Morgan fingerprint density at radius 3 is 3.00 bits per heavy atom. The first kappa shape index (κ1) is 18.6. The van der Waals surface area contributed by atoms with Crippen LogP contribution < -0.4 is 0 Å². The zero-order valence-corrected chi connectivity index (χ0v) is 17.6. The highest BCUT2D eigenvalue weighted by atomic mass is 16.4. The summed E-state index contributed by atoms with van der Waals surface area (Å²) in [5, 5.41) is 8.90. The molecule has 0 saturated carbocycles. The van der Waals surface area contributed by atoms with Crippen molar-refractivity contribution < 1.29 is 9.21 Å². The number of H-pyrrole nitrogens is 1. The van der Waals surface area contributed by atoms with Gasteiger partial charge in [-0.05, 0) is 24.6 Å². The van der Waals surface area contributed by atoms with Gasteiger partial charge in [-0.2, -0.15) is 10.2 Å². The number of nitrogens with one attached hydrogen (secondary N) is 1. The number of hydrogen-bond donors (Lipinski definition) is 1. The molecule has 6 rings (SSSR count). The standard InChI is InChI=1S/C22H20N8O2/c1-13-4-3-6-30-17(13)8-16(27-30)20-19-15(24-12-25-19)5-7-29(20)22(31)18-10-23-21(32-18)14-9-26-28(2)11-14/h3-4,6,8-12,20H,5,7H2,1-2H3,(H,24,25)/t20-/m1/s1. The van der Waals surface area contributed by atoms with Crippen LogP contribution in [0, 0.1) is 6.92 Å². The van der Waals surface area contributed by atoms with Gasteiger partial charge < -0.3 is 14.3 Å². The number of aromatic nitrogens is 7. The fourth-order valence-corrected chi connectivity index (χ4v) is 4.28. The first-order chi connectivity index (χ1) is 15.6. The molecule has 5 aromatic heterocycles. The van der Waals surface area contributed by atoms with Crippen LogP contribution >= 0.6 is 0 Å². The van der Waals surface area contributed by atoms with Gasteiger partial charge in [0.05, 0.1) is 41.2 Å². The van der Waals surface area contributed by atoms with Crippen molar-refractivity contribution >= 4 is 11.4 Å². The second kappa shape index (κ2) is 6.91. The van der Waals surface area contributed by atoms with E-state index in [0.717, 1.165) is 28.2 Å². The van der Waals surface area contributed by atoms with E-state index in [-0.39, 0.29) is 11.7 Å². The zero-order valence-electron chi connectivity index (χ0n) is 17.6. The van der Waals surface area contributed by atoms with Gasteiger partial charge in [-0.3, -0.25) is 9.48 Å². The van der Waals surface area contributed by atoms with Gasteiger partial charge in [-0.15, -0.1) is 0 Å². The lowest BCUT2D eigenvalue weighted by Gasteiger charge is -2.33. The van der Waals surface area contributed by atoms with E-state index >= 15 is 0 Å². The molecular formula is C22H20N8O2. The molecule has 0 bridgehead atoms. The number of oxazole rings is 1. The van der Waals surface area contributed by atoms with Crippen molar-refractivity contribution in [1.29, 1.82) is 0 Å². The second-order valence-corrected chi connectivity index (χ2v) is 7.94. The normalized spacial score (nSPS) is 15.9. The molecule has 0 aromatic carbocycles. The zero-order chi connectivity index (χ0) is 21.8. The first-order valence-corrected chi connectivity index (χ1v) is 10.3. The lowest BCUT2D eigenvalue weighted by Crippen LogP contribution is -2.40. The predicted molar refractivity (Wildman–Crippen MR) is 114 cm³/mol. The van der Waals surface area contributed by atoms with E-state index in [4.69, 9.17) is 9.52 Å². The number of carbonyl (C=O) groups excluding carboxylic acids is 1. The van der Waals surface area contributed by atoms with Crippen LogP contribution in [-0.2, 0) is 13.5 Å². The summed E-state index contributed by atoms with van der Waals surface area (Å²) in [6.45, 7) is 2.55. The van der Waals surface area contributed by atoms with Crippen LogP contribution in [-0.4, -0.2) is 51.7 Å². The molecule has 0 aliphatic carbocycles. The van der Waals surface area contributed by atoms with Gasteiger partial charge in [0.2, 0.25) is 11.7 Å². The summed E-state index contributed by atoms with van der Waals surface area (Å²) in [5.41, 5.74) is 5.40. The summed E-state index contributed by atoms with van der Waals surface area (Å²) in [6, 6.07) is 5.59. The number of aromatic amines is 1. The summed E-state index contributed by atoms with van der Waals surface area (Å²) in [6.07, 6.45) is 9.16. The van der Waals surface area contributed by atoms with Gasteiger partial charge in [0.1, 0.15) is 6.04 Å². The average molecular weight is 428 g/mol. The third-order valence-corrected chi connectivity index (χ3v) is 5.87. The van der Waals surface area contributed by atoms with Crippen LogP contribution in [0.5, 0.6) is 0 Å². The topological polar surface area (TPSA) is 110 Å². The largest absolute Gasteiger partial charge is 0.431 e. The number of rotatable bonds is 3. The number of nitrogens with zero attached hydrogens (tertiary/aromatic N) is 7. The van der Waals surface area contributed by atoms with E-state index in [9.17, 15) is 4.79 Å². The van der Waals surface area contributed by atoms with Crippen molar-refractivity contribution in [2.45, 2.75) is 19.4 Å². The number of imidazole rings is 1. The molecule has 0 saturated heterocycles. The number of aryl methyl sites for hydroxylation is 2. The predicted octanol–water partition coefficient (Wildman–Crippen LogP) is 2.54. The Morgan fingerprint density at radius 1 is 1.28 bits per heavy atom. The molecular weight excluding hydrogens is 408 g/mol. The number of amides is 1. The minimum atomic E-state index is -0.427. The minimum absolute atomic E-state index is 0.174. The van der Waals surface area contributed by atoms with Gasteiger partial charge in [0.25, 0.3) is 5.91 Å². The molecule has 160 valence electrons. The molecule has 0 unspecified atom stereocenters. The number of pyridine rings is 1. The van der Waals surface area contributed by atoms with Crippen molar-refractivity contribution in [3.63, 3.8) is 0 Å². The summed E-state index contributed by atoms with van der Waals surface area (Å²) in [5.74, 6) is 0.284. The molecule has 5 aromatic rings. The maximum absolute atomic E-state index is 13.5. The highest BCUT2D eigenvalue weighted by molar-refractivity contribution is 5.92. The molecule has 10 nitrogen and oxygen atoms in total. The molecule has 1 aliphatic heterocycles. The van der Waals surface area contributed by atoms with E-state index in [0.29, 0.717) is 24.4 Å². The molecule has 1 N–H and O–H groups in total. The van der Waals surface area contributed by atoms with Crippen LogP contribution in [0.15, 0.2) is 53.7 Å². The van der Waals surface area contributed by atoms with Crippen molar-refractivity contribution in [3.05, 3.63) is 77.7 Å². The minimum Gasteiger partial charge on any atom is -0.431 e. The average Bonchev–Trinajstić information content (AvgIpc) is 3.57. The molecule has 6 heterocycles. The summed E-state index contributed by atoms with van der Waals surface area (Å²) in [4.78, 5) is 27.3. The molecule has 0 radical (unpaired) electrons. The van der Waals surface area contributed by atoms with Gasteiger partial charge in [-0.25, -0.2) is 14.5 Å². The SMILES string of the molecule is Cc1cccn2nc([C@@H]3c4nc[nH]c4CCN3C(=O)c3cnc(-c4cnn(C)c4)o3)cc12. The quantitative estimate of drug-likeness (QED) is 0.473. The Hall–Kier alpha value is -4.21. The van der Waals surface area contributed by atoms with Crippen molar-refractivity contribution in [1.82, 2.24) is 39.2 Å². The fraction of sp³-hybridized carbons (Fsp3) is 0.227. The van der Waals surface area contributed by atoms with Gasteiger partial charge in [-0.1, -0.05) is 6.07 Å². The maximum atomic E-state index is 13.5. The van der Waals surface area contributed by atoms with E-state index in [1.165, 1.54) is 6.20 Å². The molecule has 10 heteroatoms. The molecule has 0 spiro atoms. The van der Waals surface area contributed by atoms with E-state index in [2.05, 4.69) is 20.1 Å². The highest BCUT2D eigenvalue weighted by Gasteiger charge is 2.37.